The SMILES string of the molecule is CCN(Cc1ccccc1OC)c1ccc(-c2cc(=O)c3ccc(O)c(O)c3o2)cc1. The van der Waals surface area contributed by atoms with E-state index in [1.165, 1.54) is 18.2 Å². The van der Waals surface area contributed by atoms with E-state index in [1.54, 1.807) is 7.11 Å². The molecule has 0 saturated heterocycles. The van der Waals surface area contributed by atoms with Crippen molar-refractivity contribution in [3.8, 4) is 28.6 Å². The second-order valence-electron chi connectivity index (χ2n) is 7.16. The molecule has 6 heteroatoms. The molecule has 0 spiro atoms. The lowest BCUT2D eigenvalue weighted by molar-refractivity contribution is 0.400. The molecule has 0 aliphatic carbocycles. The lowest BCUT2D eigenvalue weighted by atomic mass is 10.1. The van der Waals surface area contributed by atoms with Crippen LogP contribution in [0.4, 0.5) is 5.69 Å². The summed E-state index contributed by atoms with van der Waals surface area (Å²) in [5.74, 6) is 0.386. The quantitative estimate of drug-likeness (QED) is 0.434. The van der Waals surface area contributed by atoms with Gasteiger partial charge in [0.25, 0.3) is 0 Å². The van der Waals surface area contributed by atoms with E-state index in [2.05, 4.69) is 11.8 Å². The van der Waals surface area contributed by atoms with Crippen molar-refractivity contribution in [3.63, 3.8) is 0 Å². The van der Waals surface area contributed by atoms with Crippen molar-refractivity contribution in [1.82, 2.24) is 0 Å². The minimum atomic E-state index is -0.443. The minimum Gasteiger partial charge on any atom is -0.504 e. The highest BCUT2D eigenvalue weighted by molar-refractivity contribution is 5.86. The smallest absolute Gasteiger partial charge is 0.201 e. The van der Waals surface area contributed by atoms with Gasteiger partial charge in [-0.25, -0.2) is 0 Å². The fraction of sp³-hybridized carbons (Fsp3) is 0.160. The molecule has 158 valence electrons. The summed E-state index contributed by atoms with van der Waals surface area (Å²) in [5, 5.41) is 20.0. The molecular formula is C25H23NO5. The van der Waals surface area contributed by atoms with Crippen LogP contribution in [0.2, 0.25) is 0 Å². The molecule has 1 aromatic heterocycles. The van der Waals surface area contributed by atoms with Gasteiger partial charge in [0.1, 0.15) is 11.5 Å². The molecule has 3 aromatic carbocycles. The van der Waals surface area contributed by atoms with Crippen molar-refractivity contribution in [1.29, 1.82) is 0 Å². The Morgan fingerprint density at radius 3 is 2.45 bits per heavy atom. The second-order valence-corrected chi connectivity index (χ2v) is 7.16. The number of anilines is 1. The van der Waals surface area contributed by atoms with E-state index in [4.69, 9.17) is 9.15 Å². The summed E-state index contributed by atoms with van der Waals surface area (Å²) >= 11 is 0. The molecule has 0 saturated carbocycles. The molecule has 0 fully saturated rings. The molecule has 0 aliphatic rings. The summed E-state index contributed by atoms with van der Waals surface area (Å²) in [4.78, 5) is 14.7. The molecule has 0 bridgehead atoms. The van der Waals surface area contributed by atoms with Crippen LogP contribution in [-0.4, -0.2) is 23.9 Å². The number of aromatic hydroxyl groups is 2. The first-order chi connectivity index (χ1) is 15.0. The number of phenolic OH excluding ortho intramolecular Hbond substituents is 2. The normalized spacial score (nSPS) is 10.9. The molecular weight excluding hydrogens is 394 g/mol. The molecule has 4 aromatic rings. The highest BCUT2D eigenvalue weighted by atomic mass is 16.5. The van der Waals surface area contributed by atoms with Crippen LogP contribution in [-0.2, 0) is 6.54 Å². The zero-order chi connectivity index (χ0) is 22.0. The number of hydrogen-bond donors (Lipinski definition) is 2. The Bertz CT molecular complexity index is 1280. The van der Waals surface area contributed by atoms with Gasteiger partial charge in [-0.1, -0.05) is 18.2 Å². The van der Waals surface area contributed by atoms with Crippen LogP contribution >= 0.6 is 0 Å². The summed E-state index contributed by atoms with van der Waals surface area (Å²) in [7, 11) is 1.67. The van der Waals surface area contributed by atoms with Gasteiger partial charge < -0.3 is 24.3 Å². The largest absolute Gasteiger partial charge is 0.504 e. The number of fused-ring (bicyclic) bond motifs is 1. The lowest BCUT2D eigenvalue weighted by Gasteiger charge is -2.24. The van der Waals surface area contributed by atoms with Crippen molar-refractivity contribution in [2.75, 3.05) is 18.6 Å². The zero-order valence-corrected chi connectivity index (χ0v) is 17.3. The fourth-order valence-corrected chi connectivity index (χ4v) is 3.60. The van der Waals surface area contributed by atoms with Crippen LogP contribution in [0.25, 0.3) is 22.3 Å². The predicted molar refractivity (Wildman–Crippen MR) is 121 cm³/mol. The summed E-state index contributed by atoms with van der Waals surface area (Å²) in [5.41, 5.74) is 2.48. The minimum absolute atomic E-state index is 0.0297. The van der Waals surface area contributed by atoms with Crippen molar-refractivity contribution < 1.29 is 19.4 Å². The van der Waals surface area contributed by atoms with Gasteiger partial charge in [0, 0.05) is 36.0 Å². The van der Waals surface area contributed by atoms with Crippen LogP contribution < -0.4 is 15.1 Å². The third kappa shape index (κ3) is 3.92. The highest BCUT2D eigenvalue weighted by Crippen LogP contribution is 2.34. The van der Waals surface area contributed by atoms with Gasteiger partial charge in [0.15, 0.2) is 16.8 Å². The third-order valence-corrected chi connectivity index (χ3v) is 5.30. The van der Waals surface area contributed by atoms with E-state index in [0.29, 0.717) is 17.9 Å². The van der Waals surface area contributed by atoms with Crippen LogP contribution in [0.3, 0.4) is 0 Å². The number of phenols is 2. The average molecular weight is 417 g/mol. The monoisotopic (exact) mass is 417 g/mol. The highest BCUT2D eigenvalue weighted by Gasteiger charge is 2.14. The first-order valence-electron chi connectivity index (χ1n) is 9.98. The van der Waals surface area contributed by atoms with Crippen molar-refractivity contribution in [3.05, 3.63) is 82.5 Å². The molecule has 6 nitrogen and oxygen atoms in total. The van der Waals surface area contributed by atoms with Gasteiger partial charge in [-0.05, 0) is 49.4 Å². The Labute approximate surface area is 179 Å². The molecule has 0 amide bonds. The summed E-state index contributed by atoms with van der Waals surface area (Å²) in [6.45, 7) is 3.58. The van der Waals surface area contributed by atoms with E-state index < -0.39 is 5.75 Å². The number of benzene rings is 3. The zero-order valence-electron chi connectivity index (χ0n) is 17.3. The Morgan fingerprint density at radius 1 is 1.00 bits per heavy atom. The van der Waals surface area contributed by atoms with Crippen LogP contribution in [0, 0.1) is 0 Å². The lowest BCUT2D eigenvalue weighted by Crippen LogP contribution is -2.22. The maximum absolute atomic E-state index is 12.4. The molecule has 0 atom stereocenters. The molecule has 1 heterocycles. The van der Waals surface area contributed by atoms with E-state index in [1.807, 2.05) is 48.5 Å². The maximum Gasteiger partial charge on any atom is 0.201 e. The molecule has 0 radical (unpaired) electrons. The second kappa shape index (κ2) is 8.44. The first kappa shape index (κ1) is 20.3. The van der Waals surface area contributed by atoms with E-state index in [9.17, 15) is 15.0 Å². The van der Waals surface area contributed by atoms with Crippen molar-refractivity contribution in [2.45, 2.75) is 13.5 Å². The molecule has 0 aliphatic heterocycles. The van der Waals surface area contributed by atoms with Crippen LogP contribution in [0.5, 0.6) is 17.2 Å². The maximum atomic E-state index is 12.4. The number of hydrogen-bond acceptors (Lipinski definition) is 6. The number of methoxy groups -OCH3 is 1. The summed E-state index contributed by atoms with van der Waals surface area (Å²) in [6, 6.07) is 19.7. The van der Waals surface area contributed by atoms with Crippen LogP contribution in [0.1, 0.15) is 12.5 Å². The standard InChI is InChI=1S/C25H23NO5/c1-3-26(15-17-6-4-5-7-22(17)30-2)18-10-8-16(9-11-18)23-14-21(28)19-12-13-20(27)24(29)25(19)31-23/h4-14,27,29H,3,15H2,1-2H3. The third-order valence-electron chi connectivity index (χ3n) is 5.30. The van der Waals surface area contributed by atoms with Crippen molar-refractivity contribution >= 4 is 16.7 Å². The van der Waals surface area contributed by atoms with Gasteiger partial charge in [-0.2, -0.15) is 0 Å². The number of ether oxygens (including phenoxy) is 1. The molecule has 2 N–H and O–H groups in total. The summed E-state index contributed by atoms with van der Waals surface area (Å²) < 4.78 is 11.2. The van der Waals surface area contributed by atoms with Crippen molar-refractivity contribution in [2.24, 2.45) is 0 Å². The van der Waals surface area contributed by atoms with Gasteiger partial charge in [0.05, 0.1) is 12.5 Å². The predicted octanol–water partition coefficient (Wildman–Crippen LogP) is 4.91. The van der Waals surface area contributed by atoms with Gasteiger partial charge >= 0.3 is 0 Å². The van der Waals surface area contributed by atoms with E-state index in [0.717, 1.165) is 23.5 Å². The Morgan fingerprint density at radius 2 is 1.74 bits per heavy atom. The fourth-order valence-electron chi connectivity index (χ4n) is 3.60. The van der Waals surface area contributed by atoms with Crippen LogP contribution in [0.15, 0.2) is 75.9 Å². The molecule has 4 rings (SSSR count). The number of nitrogens with zero attached hydrogens (tertiary/aromatic N) is 1. The van der Waals surface area contributed by atoms with Gasteiger partial charge in [0.2, 0.25) is 5.75 Å². The number of rotatable bonds is 6. The Balaban J connectivity index is 1.66. The topological polar surface area (TPSA) is 83.1 Å². The Hall–Kier alpha value is -3.93. The van der Waals surface area contributed by atoms with E-state index >= 15 is 0 Å². The average Bonchev–Trinajstić information content (AvgIpc) is 2.80. The Kier molecular flexibility index (Phi) is 5.54. The molecule has 31 heavy (non-hydrogen) atoms. The molecule has 0 unspecified atom stereocenters. The van der Waals surface area contributed by atoms with Gasteiger partial charge in [-0.15, -0.1) is 0 Å². The summed E-state index contributed by atoms with van der Waals surface area (Å²) in [6.07, 6.45) is 0. The number of para-hydroxylation sites is 1. The van der Waals surface area contributed by atoms with E-state index in [-0.39, 0.29) is 22.1 Å². The van der Waals surface area contributed by atoms with Gasteiger partial charge in [-0.3, -0.25) is 4.79 Å². The first-order valence-corrected chi connectivity index (χ1v) is 9.98.